The smallest absolute Gasteiger partial charge is 0.326 e. The van der Waals surface area contributed by atoms with Gasteiger partial charge in [-0.15, -0.1) is 0 Å². The van der Waals surface area contributed by atoms with Gasteiger partial charge in [-0.05, 0) is 61.7 Å². The highest BCUT2D eigenvalue weighted by atomic mass is 35.5. The number of aliphatic imine (C=N–C) groups is 1. The quantitative estimate of drug-likeness (QED) is 0.611. The lowest BCUT2D eigenvalue weighted by molar-refractivity contribution is -0.123. The topological polar surface area (TPSA) is 98.0 Å². The molecule has 2 heterocycles. The molecule has 0 saturated carbocycles. The van der Waals surface area contributed by atoms with E-state index in [0.717, 1.165) is 17.6 Å². The Hall–Kier alpha value is -4.09. The van der Waals surface area contributed by atoms with Crippen molar-refractivity contribution in [2.45, 2.75) is 38.5 Å². The fraction of sp³-hybridized carbons (Fsp3) is 0.310. The van der Waals surface area contributed by atoms with Gasteiger partial charge in [-0.25, -0.2) is 4.79 Å². The first kappa shape index (κ1) is 25.6. The van der Waals surface area contributed by atoms with E-state index in [1.54, 1.807) is 40.1 Å². The van der Waals surface area contributed by atoms with Gasteiger partial charge in [0.2, 0.25) is 5.91 Å². The zero-order valence-electron chi connectivity index (χ0n) is 21.2. The molecule has 0 aromatic heterocycles. The molecule has 2 aliphatic heterocycles. The molecule has 3 aliphatic rings. The Labute approximate surface area is 226 Å². The highest BCUT2D eigenvalue weighted by Crippen LogP contribution is 2.42. The second-order valence-corrected chi connectivity index (χ2v) is 10.1. The van der Waals surface area contributed by atoms with E-state index in [-0.39, 0.29) is 30.6 Å². The van der Waals surface area contributed by atoms with Crippen molar-refractivity contribution in [1.29, 1.82) is 5.26 Å². The van der Waals surface area contributed by atoms with Crippen molar-refractivity contribution in [2.24, 2.45) is 4.99 Å². The van der Waals surface area contributed by atoms with Crippen molar-refractivity contribution in [2.75, 3.05) is 19.6 Å². The summed E-state index contributed by atoms with van der Waals surface area (Å²) in [7, 11) is 0. The highest BCUT2D eigenvalue weighted by molar-refractivity contribution is 6.30. The predicted molar refractivity (Wildman–Crippen MR) is 145 cm³/mol. The monoisotopic (exact) mass is 529 g/mol. The first-order valence-electron chi connectivity index (χ1n) is 12.6. The number of carbonyl (C=O) groups excluding carboxylic acids is 2. The Kier molecular flexibility index (Phi) is 7.21. The third-order valence-electron chi connectivity index (χ3n) is 6.69. The van der Waals surface area contributed by atoms with E-state index in [2.05, 4.69) is 17.5 Å². The summed E-state index contributed by atoms with van der Waals surface area (Å²) >= 11 is 6.21. The number of nitriles is 1. The molecule has 0 unspecified atom stereocenters. The van der Waals surface area contributed by atoms with Gasteiger partial charge in [-0.1, -0.05) is 42.0 Å². The predicted octanol–water partition coefficient (Wildman–Crippen LogP) is 4.61. The fourth-order valence-corrected chi connectivity index (χ4v) is 5.11. The number of nitrogens with one attached hydrogen (secondary N) is 1. The lowest BCUT2D eigenvalue weighted by Crippen LogP contribution is -2.55. The number of carbonyl (C=O) groups is 2. The van der Waals surface area contributed by atoms with Gasteiger partial charge in [0.25, 0.3) is 0 Å². The maximum atomic E-state index is 14.2. The molecule has 8 nitrogen and oxygen atoms in total. The molecule has 1 aliphatic carbocycles. The number of amides is 3. The molecule has 2 aromatic rings. The summed E-state index contributed by atoms with van der Waals surface area (Å²) in [5, 5.41) is 12.9. The molecule has 1 fully saturated rings. The van der Waals surface area contributed by atoms with Gasteiger partial charge in [0, 0.05) is 18.1 Å². The summed E-state index contributed by atoms with van der Waals surface area (Å²) < 4.78 is 6.12. The number of piperazine rings is 1. The van der Waals surface area contributed by atoms with Gasteiger partial charge in [0.1, 0.15) is 18.1 Å². The van der Waals surface area contributed by atoms with Gasteiger partial charge >= 0.3 is 6.03 Å². The van der Waals surface area contributed by atoms with Crippen LogP contribution >= 0.6 is 11.6 Å². The number of amidine groups is 1. The number of halogens is 1. The van der Waals surface area contributed by atoms with Crippen LogP contribution in [-0.4, -0.2) is 59.4 Å². The highest BCUT2D eigenvalue weighted by Gasteiger charge is 2.45. The van der Waals surface area contributed by atoms with E-state index in [4.69, 9.17) is 21.3 Å². The van der Waals surface area contributed by atoms with Crippen LogP contribution in [-0.2, 0) is 4.79 Å². The van der Waals surface area contributed by atoms with Gasteiger partial charge in [-0.3, -0.25) is 14.7 Å². The molecule has 1 saturated heterocycles. The van der Waals surface area contributed by atoms with E-state index in [9.17, 15) is 14.9 Å². The number of urea groups is 1. The third-order valence-corrected chi connectivity index (χ3v) is 6.94. The molecule has 194 valence electrons. The van der Waals surface area contributed by atoms with E-state index >= 15 is 0 Å². The molecular weight excluding hydrogens is 502 g/mol. The largest absolute Gasteiger partial charge is 0.490 e. The van der Waals surface area contributed by atoms with Crippen LogP contribution in [0, 0.1) is 11.3 Å². The van der Waals surface area contributed by atoms with Crippen molar-refractivity contribution in [3.8, 4) is 11.8 Å². The van der Waals surface area contributed by atoms with E-state index in [1.807, 2.05) is 38.1 Å². The second kappa shape index (κ2) is 10.7. The molecule has 5 rings (SSSR count). The molecule has 2 aromatic carbocycles. The summed E-state index contributed by atoms with van der Waals surface area (Å²) in [5.74, 6) is 0.715. The lowest BCUT2D eigenvalue weighted by Gasteiger charge is -2.36. The molecule has 2 atom stereocenters. The fourth-order valence-electron chi connectivity index (χ4n) is 4.99. The zero-order valence-corrected chi connectivity index (χ0v) is 22.0. The van der Waals surface area contributed by atoms with Crippen LogP contribution in [0.4, 0.5) is 4.79 Å². The van der Waals surface area contributed by atoms with Crippen molar-refractivity contribution in [1.82, 2.24) is 15.1 Å². The average Bonchev–Trinajstić information content (AvgIpc) is 3.57. The van der Waals surface area contributed by atoms with E-state index < -0.39 is 6.04 Å². The summed E-state index contributed by atoms with van der Waals surface area (Å²) in [5.41, 5.74) is 3.01. The molecule has 1 N–H and O–H groups in total. The Bertz CT molecular complexity index is 1390. The number of nitrogens with zero attached hydrogens (tertiary/aromatic N) is 4. The number of rotatable bonds is 5. The van der Waals surface area contributed by atoms with Crippen LogP contribution in [0.2, 0.25) is 5.02 Å². The molecule has 0 spiro atoms. The average molecular weight is 530 g/mol. The maximum Gasteiger partial charge on any atom is 0.326 e. The van der Waals surface area contributed by atoms with Gasteiger partial charge < -0.3 is 15.0 Å². The number of hydrogen-bond acceptors (Lipinski definition) is 5. The number of hydrogen-bond donors (Lipinski definition) is 1. The number of benzene rings is 2. The molecule has 3 amide bonds. The van der Waals surface area contributed by atoms with Crippen LogP contribution in [0.25, 0.3) is 0 Å². The molecule has 9 heteroatoms. The Morgan fingerprint density at radius 1 is 1.24 bits per heavy atom. The SMILES string of the molecule is CC(C)Oc1cc(C#N)ccc1C1=N[C@@H](C2=CC=CC2)[C@@H](c2ccc(Cl)cc2)N1C(=O)N1CCNC(=O)C1. The third kappa shape index (κ3) is 5.02. The zero-order chi connectivity index (χ0) is 26.8. The summed E-state index contributed by atoms with van der Waals surface area (Å²) in [4.78, 5) is 34.8. The van der Waals surface area contributed by atoms with Crippen molar-refractivity contribution in [3.05, 3.63) is 88.0 Å². The Balaban J connectivity index is 1.68. The maximum absolute atomic E-state index is 14.2. The lowest BCUT2D eigenvalue weighted by atomic mass is 9.93. The van der Waals surface area contributed by atoms with Crippen LogP contribution < -0.4 is 10.1 Å². The Morgan fingerprint density at radius 2 is 2.03 bits per heavy atom. The first-order chi connectivity index (χ1) is 18.4. The molecule has 38 heavy (non-hydrogen) atoms. The van der Waals surface area contributed by atoms with Gasteiger partial charge in [-0.2, -0.15) is 5.26 Å². The molecular formula is C29H28ClN5O3. The minimum atomic E-state index is -0.464. The first-order valence-corrected chi connectivity index (χ1v) is 13.0. The summed E-state index contributed by atoms with van der Waals surface area (Å²) in [6.07, 6.45) is 6.67. The second-order valence-electron chi connectivity index (χ2n) is 9.68. The summed E-state index contributed by atoms with van der Waals surface area (Å²) in [6.45, 7) is 4.55. The minimum Gasteiger partial charge on any atom is -0.490 e. The van der Waals surface area contributed by atoms with Crippen LogP contribution in [0.1, 0.15) is 43.0 Å². The normalized spacial score (nSPS) is 20.8. The molecule has 0 bridgehead atoms. The number of ether oxygens (including phenoxy) is 1. The van der Waals surface area contributed by atoms with Crippen molar-refractivity contribution in [3.63, 3.8) is 0 Å². The van der Waals surface area contributed by atoms with E-state index in [1.165, 1.54) is 0 Å². The number of allylic oxidation sites excluding steroid dienone is 3. The van der Waals surface area contributed by atoms with Crippen LogP contribution in [0.3, 0.4) is 0 Å². The van der Waals surface area contributed by atoms with Crippen molar-refractivity contribution < 1.29 is 14.3 Å². The van der Waals surface area contributed by atoms with Crippen LogP contribution in [0.5, 0.6) is 5.75 Å². The van der Waals surface area contributed by atoms with Gasteiger partial charge in [0.15, 0.2) is 0 Å². The van der Waals surface area contributed by atoms with Crippen LogP contribution in [0.15, 0.2) is 71.3 Å². The minimum absolute atomic E-state index is 0.0341. The van der Waals surface area contributed by atoms with E-state index in [0.29, 0.717) is 40.8 Å². The van der Waals surface area contributed by atoms with Gasteiger partial charge in [0.05, 0.1) is 35.4 Å². The summed E-state index contributed by atoms with van der Waals surface area (Å²) in [6, 6.07) is 13.6. The van der Waals surface area contributed by atoms with Crippen molar-refractivity contribution >= 4 is 29.4 Å². The molecule has 0 radical (unpaired) electrons. The standard InChI is InChI=1S/C29H28ClN5O3/c1-18(2)38-24-15-19(16-31)7-12-23(24)28-33-26(20-5-3-4-6-20)27(21-8-10-22(30)11-9-21)35(28)29(37)34-14-13-32-25(36)17-34/h3-5,7-12,15,18,26-27H,6,13-14,17H2,1-2H3,(H,32,36)/t26-,27+/m0/s1. The Morgan fingerprint density at radius 3 is 2.68 bits per heavy atom.